The molecule has 1 aliphatic rings. The Morgan fingerprint density at radius 1 is 1.33 bits per heavy atom. The topological polar surface area (TPSA) is 9.23 Å². The molecule has 0 N–H and O–H groups in total. The van der Waals surface area contributed by atoms with Gasteiger partial charge in [-0.15, -0.1) is 0 Å². The lowest BCUT2D eigenvalue weighted by Gasteiger charge is -2.29. The largest absolute Gasteiger partial charge is 0.414 e. The molecular formula is C8H13F3O. The number of hydrogen-bond donors (Lipinski definition) is 0. The monoisotopic (exact) mass is 182 g/mol. The van der Waals surface area contributed by atoms with Crippen LogP contribution in [0.1, 0.15) is 26.2 Å². The van der Waals surface area contributed by atoms with Crippen LogP contribution in [0.4, 0.5) is 13.2 Å². The van der Waals surface area contributed by atoms with Gasteiger partial charge < -0.3 is 4.74 Å². The fourth-order valence-electron chi connectivity index (χ4n) is 1.39. The second-order valence-corrected chi connectivity index (χ2v) is 3.22. The van der Waals surface area contributed by atoms with E-state index in [1.165, 1.54) is 0 Å². The van der Waals surface area contributed by atoms with Crippen molar-refractivity contribution in [3.8, 4) is 0 Å². The minimum atomic E-state index is -4.17. The first kappa shape index (κ1) is 9.84. The van der Waals surface area contributed by atoms with Gasteiger partial charge in [-0.25, -0.2) is 0 Å². The lowest BCUT2D eigenvalue weighted by molar-refractivity contribution is -0.235. The van der Waals surface area contributed by atoms with Crippen molar-refractivity contribution in [1.82, 2.24) is 0 Å². The fraction of sp³-hybridized carbons (Fsp3) is 1.00. The average Bonchev–Trinajstić information content (AvgIpc) is 2.03. The number of rotatable bonds is 1. The molecule has 1 saturated heterocycles. The molecule has 0 amide bonds. The Balaban J connectivity index is 2.36. The molecule has 0 unspecified atom stereocenters. The second-order valence-electron chi connectivity index (χ2n) is 3.22. The molecule has 1 heterocycles. The van der Waals surface area contributed by atoms with Gasteiger partial charge in [-0.05, 0) is 18.8 Å². The van der Waals surface area contributed by atoms with Crippen molar-refractivity contribution >= 4 is 0 Å². The molecule has 0 bridgehead atoms. The Kier molecular flexibility index (Phi) is 2.99. The second kappa shape index (κ2) is 3.64. The van der Waals surface area contributed by atoms with Crippen LogP contribution in [-0.2, 0) is 4.74 Å². The molecule has 0 aromatic rings. The van der Waals surface area contributed by atoms with Gasteiger partial charge >= 0.3 is 6.18 Å². The standard InChI is InChI=1S/C8H13F3O/c1-2-6-3-4-7(12-5-6)8(9,10)11/h6-7H,2-5H2,1H3/t6-,7+/m1/s1. The zero-order chi connectivity index (χ0) is 9.19. The van der Waals surface area contributed by atoms with E-state index in [1.54, 1.807) is 0 Å². The van der Waals surface area contributed by atoms with Crippen LogP contribution in [0.3, 0.4) is 0 Å². The van der Waals surface area contributed by atoms with Crippen LogP contribution in [0.25, 0.3) is 0 Å². The summed E-state index contributed by atoms with van der Waals surface area (Å²) in [6.07, 6.45) is -4.01. The van der Waals surface area contributed by atoms with Gasteiger partial charge in [-0.1, -0.05) is 13.3 Å². The quantitative estimate of drug-likeness (QED) is 0.605. The van der Waals surface area contributed by atoms with Crippen molar-refractivity contribution in [2.24, 2.45) is 5.92 Å². The minimum Gasteiger partial charge on any atom is -0.368 e. The maximum absolute atomic E-state index is 12.0. The molecule has 0 saturated carbocycles. The van der Waals surface area contributed by atoms with E-state index in [2.05, 4.69) is 0 Å². The zero-order valence-corrected chi connectivity index (χ0v) is 7.03. The van der Waals surface area contributed by atoms with Crippen molar-refractivity contribution < 1.29 is 17.9 Å². The van der Waals surface area contributed by atoms with E-state index in [-0.39, 0.29) is 13.0 Å². The SMILES string of the molecule is CC[C@@H]1CC[C@@H](C(F)(F)F)OC1. The van der Waals surface area contributed by atoms with Crippen LogP contribution < -0.4 is 0 Å². The third-order valence-corrected chi connectivity index (χ3v) is 2.31. The Labute approximate surface area is 69.9 Å². The summed E-state index contributed by atoms with van der Waals surface area (Å²) in [7, 11) is 0. The predicted octanol–water partition coefficient (Wildman–Crippen LogP) is 2.75. The van der Waals surface area contributed by atoms with Crippen LogP contribution in [0.5, 0.6) is 0 Å². The predicted molar refractivity (Wildman–Crippen MR) is 38.8 cm³/mol. The molecule has 12 heavy (non-hydrogen) atoms. The summed E-state index contributed by atoms with van der Waals surface area (Å²) < 4.78 is 40.9. The Bertz CT molecular complexity index is 136. The molecule has 1 rings (SSSR count). The Morgan fingerprint density at radius 2 is 2.00 bits per heavy atom. The van der Waals surface area contributed by atoms with Crippen molar-refractivity contribution in [3.63, 3.8) is 0 Å². The van der Waals surface area contributed by atoms with Gasteiger partial charge in [0.25, 0.3) is 0 Å². The molecule has 72 valence electrons. The Hall–Kier alpha value is -0.250. The molecule has 2 atom stereocenters. The summed E-state index contributed by atoms with van der Waals surface area (Å²) in [5.74, 6) is 0.323. The average molecular weight is 182 g/mol. The summed E-state index contributed by atoms with van der Waals surface area (Å²) in [4.78, 5) is 0. The number of ether oxygens (including phenoxy) is 1. The molecule has 0 aliphatic carbocycles. The van der Waals surface area contributed by atoms with Crippen molar-refractivity contribution in [1.29, 1.82) is 0 Å². The summed E-state index contributed by atoms with van der Waals surface area (Å²) in [6, 6.07) is 0. The van der Waals surface area contributed by atoms with Crippen LogP contribution in [0, 0.1) is 5.92 Å². The third kappa shape index (κ3) is 2.37. The highest BCUT2D eigenvalue weighted by Crippen LogP contribution is 2.32. The van der Waals surface area contributed by atoms with Gasteiger partial charge in [0.2, 0.25) is 0 Å². The molecule has 0 aromatic heterocycles. The van der Waals surface area contributed by atoms with Crippen molar-refractivity contribution in [2.75, 3.05) is 6.61 Å². The molecule has 0 aromatic carbocycles. The first-order valence-electron chi connectivity index (χ1n) is 4.22. The highest BCUT2D eigenvalue weighted by atomic mass is 19.4. The van der Waals surface area contributed by atoms with Crippen LogP contribution in [0.2, 0.25) is 0 Å². The van der Waals surface area contributed by atoms with Gasteiger partial charge in [0, 0.05) is 0 Å². The third-order valence-electron chi connectivity index (χ3n) is 2.31. The molecule has 1 aliphatic heterocycles. The van der Waals surface area contributed by atoms with E-state index in [4.69, 9.17) is 4.74 Å². The molecule has 4 heteroatoms. The normalized spacial score (nSPS) is 32.0. The first-order chi connectivity index (χ1) is 5.54. The Morgan fingerprint density at radius 3 is 2.33 bits per heavy atom. The highest BCUT2D eigenvalue weighted by Gasteiger charge is 2.42. The van der Waals surface area contributed by atoms with E-state index in [0.29, 0.717) is 12.3 Å². The summed E-state index contributed by atoms with van der Waals surface area (Å²) in [6.45, 7) is 2.24. The van der Waals surface area contributed by atoms with Gasteiger partial charge in [0.15, 0.2) is 6.10 Å². The maximum Gasteiger partial charge on any atom is 0.414 e. The number of hydrogen-bond acceptors (Lipinski definition) is 1. The fourth-order valence-corrected chi connectivity index (χ4v) is 1.39. The molecule has 0 spiro atoms. The smallest absolute Gasteiger partial charge is 0.368 e. The van der Waals surface area contributed by atoms with E-state index in [9.17, 15) is 13.2 Å². The van der Waals surface area contributed by atoms with Crippen LogP contribution in [-0.4, -0.2) is 18.9 Å². The molecule has 1 fully saturated rings. The van der Waals surface area contributed by atoms with Crippen LogP contribution >= 0.6 is 0 Å². The zero-order valence-electron chi connectivity index (χ0n) is 7.03. The van der Waals surface area contributed by atoms with Gasteiger partial charge in [0.05, 0.1) is 6.61 Å². The van der Waals surface area contributed by atoms with E-state index >= 15 is 0 Å². The number of halogens is 3. The van der Waals surface area contributed by atoms with Crippen LogP contribution in [0.15, 0.2) is 0 Å². The highest BCUT2D eigenvalue weighted by molar-refractivity contribution is 4.74. The van der Waals surface area contributed by atoms with Gasteiger partial charge in [-0.2, -0.15) is 13.2 Å². The minimum absolute atomic E-state index is 0.127. The van der Waals surface area contributed by atoms with E-state index < -0.39 is 12.3 Å². The van der Waals surface area contributed by atoms with E-state index in [1.807, 2.05) is 6.92 Å². The van der Waals surface area contributed by atoms with Gasteiger partial charge in [-0.3, -0.25) is 0 Å². The molecular weight excluding hydrogens is 169 g/mol. The molecule has 1 nitrogen and oxygen atoms in total. The lowest BCUT2D eigenvalue weighted by atomic mass is 9.96. The molecule has 0 radical (unpaired) electrons. The lowest BCUT2D eigenvalue weighted by Crippen LogP contribution is -2.37. The number of alkyl halides is 3. The van der Waals surface area contributed by atoms with Crippen molar-refractivity contribution in [3.05, 3.63) is 0 Å². The summed E-state index contributed by atoms with van der Waals surface area (Å²) >= 11 is 0. The summed E-state index contributed by atoms with van der Waals surface area (Å²) in [5, 5.41) is 0. The summed E-state index contributed by atoms with van der Waals surface area (Å²) in [5.41, 5.74) is 0. The van der Waals surface area contributed by atoms with Gasteiger partial charge in [0.1, 0.15) is 0 Å². The maximum atomic E-state index is 12.0. The van der Waals surface area contributed by atoms with Crippen molar-refractivity contribution in [2.45, 2.75) is 38.5 Å². The van der Waals surface area contributed by atoms with E-state index in [0.717, 1.165) is 6.42 Å². The first-order valence-corrected chi connectivity index (χ1v) is 4.22.